The van der Waals surface area contributed by atoms with Gasteiger partial charge >= 0.3 is 23.9 Å². The van der Waals surface area contributed by atoms with E-state index < -0.39 is 148 Å². The summed E-state index contributed by atoms with van der Waals surface area (Å²) in [5, 5.41) is 91.8. The molecular weight excluding hydrogens is 896 g/mol. The van der Waals surface area contributed by atoms with Crippen LogP contribution in [0.15, 0.2) is 47.0 Å². The van der Waals surface area contributed by atoms with E-state index in [1.807, 2.05) is 0 Å². The molecule has 4 heterocycles. The summed E-state index contributed by atoms with van der Waals surface area (Å²) in [6, 6.07) is 0. The Hall–Kier alpha value is -4.08. The predicted molar refractivity (Wildman–Crippen MR) is 221 cm³/mol. The zero-order valence-corrected chi connectivity index (χ0v) is 38.0. The minimum Gasteiger partial charge on any atom is -0.468 e. The molecule has 1 aliphatic carbocycles. The van der Waals surface area contributed by atoms with E-state index in [-0.39, 0.29) is 59.7 Å². The van der Waals surface area contributed by atoms with Crippen molar-refractivity contribution >= 4 is 23.9 Å². The second-order valence-corrected chi connectivity index (χ2v) is 17.1. The molecule has 5 aliphatic rings. The largest absolute Gasteiger partial charge is 0.468 e. The van der Waals surface area contributed by atoms with Gasteiger partial charge in [0, 0.05) is 29.6 Å². The summed E-state index contributed by atoms with van der Waals surface area (Å²) >= 11 is 0. The van der Waals surface area contributed by atoms with Crippen LogP contribution in [0.25, 0.3) is 0 Å². The third-order valence-corrected chi connectivity index (χ3v) is 13.2. The summed E-state index contributed by atoms with van der Waals surface area (Å²) in [7, 11) is 2.28. The average molecular weight is 961 g/mol. The summed E-state index contributed by atoms with van der Waals surface area (Å²) in [5.41, 5.74) is 0.340. The lowest BCUT2D eigenvalue weighted by Crippen LogP contribution is -2.60. The molecule has 23 heteroatoms. The highest BCUT2D eigenvalue weighted by molar-refractivity contribution is 5.91. The molecule has 19 atom stereocenters. The van der Waals surface area contributed by atoms with Crippen molar-refractivity contribution in [1.82, 2.24) is 0 Å². The molecule has 4 aliphatic heterocycles. The maximum absolute atomic E-state index is 13.8. The topological polar surface area (TPSA) is 343 Å². The van der Waals surface area contributed by atoms with Crippen LogP contribution in [0.4, 0.5) is 0 Å². The van der Waals surface area contributed by atoms with Gasteiger partial charge in [0.15, 0.2) is 12.6 Å². The second kappa shape index (κ2) is 24.0. The first kappa shape index (κ1) is 53.9. The van der Waals surface area contributed by atoms with E-state index in [9.17, 15) is 65.1 Å². The fourth-order valence-corrected chi connectivity index (χ4v) is 9.24. The summed E-state index contributed by atoms with van der Waals surface area (Å²) in [5.74, 6) is -6.66. The summed E-state index contributed by atoms with van der Waals surface area (Å²) < 4.78 is 55.4. The number of aliphatic hydroxyl groups is 9. The molecule has 3 fully saturated rings. The number of allylic oxidation sites excluding steroid dienone is 2. The van der Waals surface area contributed by atoms with Crippen LogP contribution in [0, 0.1) is 35.5 Å². The predicted octanol–water partition coefficient (Wildman–Crippen LogP) is -2.29. The number of aliphatic hydroxyl groups excluding tert-OH is 9. The van der Waals surface area contributed by atoms with E-state index in [1.165, 1.54) is 12.2 Å². The third-order valence-electron chi connectivity index (χ3n) is 13.2. The van der Waals surface area contributed by atoms with E-state index in [4.69, 9.17) is 47.4 Å². The molecule has 9 N–H and O–H groups in total. The maximum atomic E-state index is 13.8. The molecule has 0 bridgehead atoms. The molecule has 23 nitrogen and oxygen atoms in total. The van der Waals surface area contributed by atoms with Gasteiger partial charge in [-0.2, -0.15) is 0 Å². The summed E-state index contributed by atoms with van der Waals surface area (Å²) in [6.07, 6.45) is -15.0. The number of hydrogen-bond donors (Lipinski definition) is 9. The standard InChI is InChI=1S/C44H64O23/c1-7-20-23(26(39(56)58-5)16-61-41(20)66-43-37(54)35(52)33(50)29(13-46)64-43)10-31(48)60-15-18(3)22-9-28(19(4)25(22)12-45)63-32(49)11-24-21(8-2)42(62-17-27(24)40(57)59-6)67-44-38(55)36(53)34(51)30(14-47)65-44/h7-8,16-19,22-25,28-30,33-38,41-47,50-55H,9-15H2,1-6H3/b20-7+,21-8+/t18-,19+,22-,23-,24-,25+,28-,29+,30+,33+,34+,35-,36-,37+,38+,41-,42-,43-,44-/m0/s1. The molecule has 0 radical (unpaired) electrons. The average Bonchev–Trinajstić information content (AvgIpc) is 3.64. The Labute approximate surface area is 386 Å². The third kappa shape index (κ3) is 11.9. The van der Waals surface area contributed by atoms with Gasteiger partial charge in [-0.1, -0.05) is 26.0 Å². The molecule has 67 heavy (non-hydrogen) atoms. The number of ether oxygens (including phenoxy) is 10. The van der Waals surface area contributed by atoms with E-state index >= 15 is 0 Å². The quantitative estimate of drug-likeness (QED) is 0.0421. The SMILES string of the molecule is C/C=C1/[C@H](O[C@@H]2O[C@H](CO)[C@@H](O)[C@H](O)[C@H]2O)OC=C(C(=O)OC)[C@H]1CC(=O)OC[C@H](C)[C@@H]1C[C@H](OC(=O)C[C@@H]2C(C(=O)OC)=CO[C@@H](O[C@@H]3O[C@H](CO)[C@@H](O)[C@H](O)[C@H]3O)/C2=C/C)[C@H](C)[C@H]1CO. The molecule has 0 amide bonds. The van der Waals surface area contributed by atoms with E-state index in [1.54, 1.807) is 27.7 Å². The highest BCUT2D eigenvalue weighted by atomic mass is 16.8. The van der Waals surface area contributed by atoms with Crippen LogP contribution in [0.1, 0.15) is 47.0 Å². The normalized spacial score (nSPS) is 39.3. The van der Waals surface area contributed by atoms with Gasteiger partial charge in [0.05, 0.1) is 70.6 Å². The van der Waals surface area contributed by atoms with E-state index in [0.29, 0.717) is 0 Å². The van der Waals surface area contributed by atoms with Gasteiger partial charge in [0.1, 0.15) is 54.9 Å². The van der Waals surface area contributed by atoms with Crippen LogP contribution in [-0.4, -0.2) is 191 Å². The number of hydrogen-bond acceptors (Lipinski definition) is 23. The molecule has 0 aromatic rings. The van der Waals surface area contributed by atoms with Crippen molar-refractivity contribution in [3.05, 3.63) is 47.0 Å². The van der Waals surface area contributed by atoms with Gasteiger partial charge in [0.2, 0.25) is 12.6 Å². The van der Waals surface area contributed by atoms with Gasteiger partial charge in [-0.15, -0.1) is 0 Å². The van der Waals surface area contributed by atoms with E-state index in [0.717, 1.165) is 26.7 Å². The lowest BCUT2D eigenvalue weighted by Gasteiger charge is -2.42. The van der Waals surface area contributed by atoms with Crippen molar-refractivity contribution in [1.29, 1.82) is 0 Å². The highest BCUT2D eigenvalue weighted by Gasteiger charge is 2.50. The van der Waals surface area contributed by atoms with Gasteiger partial charge in [-0.3, -0.25) is 9.59 Å². The van der Waals surface area contributed by atoms with Crippen LogP contribution in [-0.2, 0) is 66.5 Å². The minimum atomic E-state index is -1.77. The van der Waals surface area contributed by atoms with Crippen LogP contribution < -0.4 is 0 Å². The van der Waals surface area contributed by atoms with Gasteiger partial charge in [0.25, 0.3) is 0 Å². The first-order valence-corrected chi connectivity index (χ1v) is 22.0. The molecule has 0 spiro atoms. The molecular formula is C44H64O23. The Kier molecular flexibility index (Phi) is 19.3. The van der Waals surface area contributed by atoms with Crippen LogP contribution in [0.2, 0.25) is 0 Å². The number of carbonyl (C=O) groups excluding carboxylic acids is 4. The van der Waals surface area contributed by atoms with Crippen molar-refractivity contribution in [2.75, 3.05) is 40.6 Å². The Balaban J connectivity index is 1.22. The molecule has 0 unspecified atom stereocenters. The highest BCUT2D eigenvalue weighted by Crippen LogP contribution is 2.44. The van der Waals surface area contributed by atoms with Gasteiger partial charge in [-0.05, 0) is 43.9 Å². The first-order valence-electron chi connectivity index (χ1n) is 22.0. The zero-order valence-electron chi connectivity index (χ0n) is 38.0. The molecule has 2 saturated heterocycles. The van der Waals surface area contributed by atoms with Crippen LogP contribution in [0.3, 0.4) is 0 Å². The zero-order chi connectivity index (χ0) is 49.4. The van der Waals surface area contributed by atoms with Gasteiger partial charge < -0.3 is 93.3 Å². The number of methoxy groups -OCH3 is 2. The molecule has 0 aromatic carbocycles. The van der Waals surface area contributed by atoms with Crippen molar-refractivity contribution in [3.8, 4) is 0 Å². The Morgan fingerprint density at radius 1 is 0.687 bits per heavy atom. The summed E-state index contributed by atoms with van der Waals surface area (Å²) in [4.78, 5) is 53.0. The smallest absolute Gasteiger partial charge is 0.337 e. The number of rotatable bonds is 17. The number of carbonyl (C=O) groups is 4. The van der Waals surface area contributed by atoms with Crippen molar-refractivity contribution < 1.29 is 113 Å². The fourth-order valence-electron chi connectivity index (χ4n) is 9.24. The second-order valence-electron chi connectivity index (χ2n) is 17.1. The van der Waals surface area contributed by atoms with Crippen molar-refractivity contribution in [2.45, 2.75) is 127 Å². The first-order chi connectivity index (χ1) is 31.9. The van der Waals surface area contributed by atoms with E-state index in [2.05, 4.69) is 0 Å². The van der Waals surface area contributed by atoms with Crippen molar-refractivity contribution in [3.63, 3.8) is 0 Å². The molecule has 378 valence electrons. The lowest BCUT2D eigenvalue weighted by atomic mass is 9.83. The van der Waals surface area contributed by atoms with Crippen molar-refractivity contribution in [2.24, 2.45) is 35.5 Å². The molecule has 1 saturated carbocycles. The van der Waals surface area contributed by atoms with Crippen LogP contribution >= 0.6 is 0 Å². The Morgan fingerprint density at radius 2 is 1.13 bits per heavy atom. The molecule has 5 rings (SSSR count). The monoisotopic (exact) mass is 960 g/mol. The molecule has 0 aromatic heterocycles. The van der Waals surface area contributed by atoms with Gasteiger partial charge in [-0.25, -0.2) is 9.59 Å². The Bertz CT molecular complexity index is 1840. The summed E-state index contributed by atoms with van der Waals surface area (Å²) in [6.45, 7) is 4.93. The minimum absolute atomic E-state index is 0.0581. The van der Waals surface area contributed by atoms with Crippen LogP contribution in [0.5, 0.6) is 0 Å². The fraction of sp³-hybridized carbons (Fsp3) is 0.727. The maximum Gasteiger partial charge on any atom is 0.337 e. The lowest BCUT2D eigenvalue weighted by molar-refractivity contribution is -0.327. The number of esters is 4. The Morgan fingerprint density at radius 3 is 1.54 bits per heavy atom.